The summed E-state index contributed by atoms with van der Waals surface area (Å²) in [6, 6.07) is 15.9. The van der Waals surface area contributed by atoms with Crippen molar-refractivity contribution in [3.8, 4) is 0 Å². The molecule has 0 unspecified atom stereocenters. The third-order valence-electron chi connectivity index (χ3n) is 3.89. The van der Waals surface area contributed by atoms with Gasteiger partial charge >= 0.3 is 12.3 Å². The van der Waals surface area contributed by atoms with E-state index in [1.807, 2.05) is 30.3 Å². The average molecular weight is 423 g/mol. The number of Topliss-reactive ketones (excluding diaryl/α,β-unsaturated/α-hetero) is 1. The van der Waals surface area contributed by atoms with Gasteiger partial charge in [0.2, 0.25) is 0 Å². The van der Waals surface area contributed by atoms with Gasteiger partial charge in [-0.05, 0) is 5.56 Å². The quantitative estimate of drug-likeness (QED) is 0.585. The van der Waals surface area contributed by atoms with Crippen molar-refractivity contribution < 1.29 is 27.5 Å². The number of alkyl halides is 3. The summed E-state index contributed by atoms with van der Waals surface area (Å²) < 4.78 is 40.5. The zero-order valence-electron chi connectivity index (χ0n) is 17.3. The van der Waals surface area contributed by atoms with Crippen LogP contribution in [0.25, 0.3) is 0 Å². The first-order valence-corrected chi connectivity index (χ1v) is 9.87. The van der Waals surface area contributed by atoms with Crippen molar-refractivity contribution in [3.63, 3.8) is 0 Å². The third-order valence-corrected chi connectivity index (χ3v) is 3.89. The molecule has 1 amide bonds. The van der Waals surface area contributed by atoms with Crippen molar-refractivity contribution in [1.29, 1.82) is 0 Å². The fraction of sp³-hybridized carbons (Fsp3) is 0.391. The fourth-order valence-electron chi connectivity index (χ4n) is 2.38. The number of hydrogen-bond acceptors (Lipinski definition) is 3. The molecule has 0 spiro atoms. The van der Waals surface area contributed by atoms with E-state index < -0.39 is 11.7 Å². The highest BCUT2D eigenvalue weighted by Gasteiger charge is 2.29. The Labute approximate surface area is 175 Å². The van der Waals surface area contributed by atoms with Crippen LogP contribution in [0.1, 0.15) is 44.2 Å². The molecule has 0 radical (unpaired) electrons. The second kappa shape index (κ2) is 13.4. The van der Waals surface area contributed by atoms with Crippen molar-refractivity contribution in [2.45, 2.75) is 45.9 Å². The molecular weight excluding hydrogens is 395 g/mol. The number of halogens is 3. The Morgan fingerprint density at radius 2 is 1.40 bits per heavy atom. The molecule has 0 atom stereocenters. The van der Waals surface area contributed by atoms with Crippen LogP contribution in [0.2, 0.25) is 0 Å². The van der Waals surface area contributed by atoms with Gasteiger partial charge in [0.25, 0.3) is 0 Å². The number of nitrogens with zero attached hydrogens (tertiary/aromatic N) is 1. The summed E-state index contributed by atoms with van der Waals surface area (Å²) in [5.74, 6) is 0.220. The van der Waals surface area contributed by atoms with E-state index in [1.54, 1.807) is 11.0 Å². The topological polar surface area (TPSA) is 46.6 Å². The van der Waals surface area contributed by atoms with Gasteiger partial charge in [0.05, 0.1) is 5.56 Å². The molecular formula is C23H28F3NO3. The lowest BCUT2D eigenvalue weighted by molar-refractivity contribution is -0.137. The second-order valence-corrected chi connectivity index (χ2v) is 6.64. The Morgan fingerprint density at radius 3 is 1.83 bits per heavy atom. The van der Waals surface area contributed by atoms with Gasteiger partial charge < -0.3 is 9.64 Å². The number of amides is 1. The molecule has 0 aliphatic carbocycles. The van der Waals surface area contributed by atoms with E-state index in [1.165, 1.54) is 18.6 Å². The number of ketones is 1. The first-order valence-electron chi connectivity index (χ1n) is 9.87. The number of rotatable bonds is 2. The van der Waals surface area contributed by atoms with Gasteiger partial charge in [0.15, 0.2) is 0 Å². The van der Waals surface area contributed by atoms with Crippen LogP contribution < -0.4 is 0 Å². The molecule has 1 saturated heterocycles. The maximum atomic E-state index is 11.8. The van der Waals surface area contributed by atoms with Crippen LogP contribution in [-0.4, -0.2) is 29.9 Å². The summed E-state index contributed by atoms with van der Waals surface area (Å²) in [6.07, 6.45) is -2.40. The average Bonchev–Trinajstić information content (AvgIpc) is 2.74. The highest BCUT2D eigenvalue weighted by Crippen LogP contribution is 2.28. The van der Waals surface area contributed by atoms with Gasteiger partial charge in [-0.3, -0.25) is 4.79 Å². The van der Waals surface area contributed by atoms with Gasteiger partial charge in [0.1, 0.15) is 12.4 Å². The van der Waals surface area contributed by atoms with E-state index in [0.717, 1.165) is 17.7 Å². The highest BCUT2D eigenvalue weighted by atomic mass is 19.4. The number of piperidine rings is 1. The zero-order chi connectivity index (χ0) is 22.4. The molecule has 2 aromatic rings. The van der Waals surface area contributed by atoms with Crippen molar-refractivity contribution in [3.05, 3.63) is 71.8 Å². The van der Waals surface area contributed by atoms with Crippen LogP contribution in [0.3, 0.4) is 0 Å². The molecule has 7 heteroatoms. The predicted octanol–water partition coefficient (Wildman–Crippen LogP) is 6.11. The van der Waals surface area contributed by atoms with Crippen LogP contribution >= 0.6 is 0 Å². The molecule has 0 aromatic heterocycles. The molecule has 3 rings (SSSR count). The Hall–Kier alpha value is -2.83. The number of benzene rings is 2. The van der Waals surface area contributed by atoms with E-state index in [0.29, 0.717) is 25.9 Å². The molecule has 1 heterocycles. The first-order chi connectivity index (χ1) is 14.3. The zero-order valence-corrected chi connectivity index (χ0v) is 17.3. The fourth-order valence-corrected chi connectivity index (χ4v) is 2.38. The van der Waals surface area contributed by atoms with Gasteiger partial charge in [-0.2, -0.15) is 13.2 Å². The lowest BCUT2D eigenvalue weighted by atomic mass is 10.1. The number of carbonyl (C=O) groups is 2. The van der Waals surface area contributed by atoms with Crippen LogP contribution in [-0.2, 0) is 22.3 Å². The van der Waals surface area contributed by atoms with E-state index in [-0.39, 0.29) is 18.5 Å². The lowest BCUT2D eigenvalue weighted by Gasteiger charge is -2.25. The summed E-state index contributed by atoms with van der Waals surface area (Å²) in [4.78, 5) is 24.3. The molecule has 0 saturated carbocycles. The summed E-state index contributed by atoms with van der Waals surface area (Å²) in [6.45, 7) is 5.49. The van der Waals surface area contributed by atoms with E-state index >= 15 is 0 Å². The van der Waals surface area contributed by atoms with Gasteiger partial charge in [-0.1, -0.05) is 80.9 Å². The first kappa shape index (κ1) is 25.2. The summed E-state index contributed by atoms with van der Waals surface area (Å²) in [7, 11) is 0. The maximum Gasteiger partial charge on any atom is 0.416 e. The normalized spacial score (nSPS) is 13.4. The van der Waals surface area contributed by atoms with Crippen molar-refractivity contribution in [2.75, 3.05) is 13.1 Å². The summed E-state index contributed by atoms with van der Waals surface area (Å²) in [5.41, 5.74) is 0.365. The number of carbonyl (C=O) groups excluding carboxylic acids is 2. The van der Waals surface area contributed by atoms with Gasteiger partial charge in [0, 0.05) is 25.9 Å². The molecule has 164 valence electrons. The molecule has 1 aliphatic heterocycles. The standard InChI is InChI=1S/C13H15NO3.C7H5F3.C3H8/c15-12-6-8-14(9-7-12)13(16)17-10-11-4-2-1-3-5-11;8-7(9,10)6-4-2-1-3-5-6;1-3-2/h1-5H,6-10H2;1-5H;3H2,1-2H3. The minimum absolute atomic E-state index is 0.220. The lowest BCUT2D eigenvalue weighted by Crippen LogP contribution is -2.38. The van der Waals surface area contributed by atoms with E-state index in [9.17, 15) is 22.8 Å². The Balaban J connectivity index is 0.000000294. The Morgan fingerprint density at radius 1 is 0.933 bits per heavy atom. The van der Waals surface area contributed by atoms with Gasteiger partial charge in [-0.25, -0.2) is 4.79 Å². The summed E-state index contributed by atoms with van der Waals surface area (Å²) >= 11 is 0. The van der Waals surface area contributed by atoms with Crippen molar-refractivity contribution in [1.82, 2.24) is 4.90 Å². The predicted molar refractivity (Wildman–Crippen MR) is 110 cm³/mol. The minimum atomic E-state index is -4.21. The number of hydrogen-bond donors (Lipinski definition) is 0. The Kier molecular flexibility index (Phi) is 11.3. The molecule has 0 bridgehead atoms. The maximum absolute atomic E-state index is 11.8. The summed E-state index contributed by atoms with van der Waals surface area (Å²) in [5, 5.41) is 0. The minimum Gasteiger partial charge on any atom is -0.445 e. The smallest absolute Gasteiger partial charge is 0.416 e. The molecule has 1 aliphatic rings. The second-order valence-electron chi connectivity index (χ2n) is 6.64. The molecule has 4 nitrogen and oxygen atoms in total. The van der Waals surface area contributed by atoms with Crippen molar-refractivity contribution in [2.24, 2.45) is 0 Å². The van der Waals surface area contributed by atoms with Crippen molar-refractivity contribution >= 4 is 11.9 Å². The highest BCUT2D eigenvalue weighted by molar-refractivity contribution is 5.81. The van der Waals surface area contributed by atoms with Crippen LogP contribution in [0, 0.1) is 0 Å². The Bertz CT molecular complexity index is 739. The van der Waals surface area contributed by atoms with Gasteiger partial charge in [-0.15, -0.1) is 0 Å². The van der Waals surface area contributed by atoms with Crippen LogP contribution in [0.15, 0.2) is 60.7 Å². The SMILES string of the molecule is CCC.FC(F)(F)c1ccccc1.O=C1CCN(C(=O)OCc2ccccc2)CC1. The number of ether oxygens (including phenoxy) is 1. The molecule has 30 heavy (non-hydrogen) atoms. The third kappa shape index (κ3) is 10.1. The molecule has 1 fully saturated rings. The molecule has 2 aromatic carbocycles. The van der Waals surface area contributed by atoms with E-state index in [4.69, 9.17) is 4.74 Å². The van der Waals surface area contributed by atoms with Crippen LogP contribution in [0.4, 0.5) is 18.0 Å². The number of likely N-dealkylation sites (tertiary alicyclic amines) is 1. The monoisotopic (exact) mass is 423 g/mol. The molecule has 0 N–H and O–H groups in total. The largest absolute Gasteiger partial charge is 0.445 e. The van der Waals surface area contributed by atoms with Crippen LogP contribution in [0.5, 0.6) is 0 Å². The van der Waals surface area contributed by atoms with E-state index in [2.05, 4.69) is 13.8 Å².